The number of nitro groups is 1. The van der Waals surface area contributed by atoms with Gasteiger partial charge in [0.25, 0.3) is 5.69 Å². The van der Waals surface area contributed by atoms with Crippen LogP contribution in [0, 0.1) is 10.1 Å². The van der Waals surface area contributed by atoms with E-state index in [9.17, 15) is 10.1 Å². The van der Waals surface area contributed by atoms with Crippen LogP contribution in [-0.2, 0) is 5.41 Å². The Bertz CT molecular complexity index is 1360. The zero-order valence-electron chi connectivity index (χ0n) is 15.5. The molecule has 0 aliphatic heterocycles. The molecule has 3 nitrogen and oxygen atoms in total. The summed E-state index contributed by atoms with van der Waals surface area (Å²) >= 11 is 7.31. The van der Waals surface area contributed by atoms with Crippen LogP contribution in [0.1, 0.15) is 22.3 Å². The normalized spacial score (nSPS) is 14.2. The van der Waals surface area contributed by atoms with Crippen molar-refractivity contribution in [2.75, 3.05) is 0 Å². The van der Waals surface area contributed by atoms with Crippen LogP contribution >= 0.6 is 31.9 Å². The minimum Gasteiger partial charge on any atom is -0.258 e. The number of hydrogen-bond donors (Lipinski definition) is 0. The first-order valence-corrected chi connectivity index (χ1v) is 11.1. The van der Waals surface area contributed by atoms with Crippen LogP contribution in [0.4, 0.5) is 5.69 Å². The summed E-state index contributed by atoms with van der Waals surface area (Å²) in [7, 11) is 0. The highest BCUT2D eigenvalue weighted by molar-refractivity contribution is 9.10. The van der Waals surface area contributed by atoms with Crippen molar-refractivity contribution in [3.05, 3.63) is 120 Å². The van der Waals surface area contributed by atoms with E-state index in [0.29, 0.717) is 0 Å². The highest BCUT2D eigenvalue weighted by atomic mass is 79.9. The predicted molar refractivity (Wildman–Crippen MR) is 125 cm³/mol. The van der Waals surface area contributed by atoms with E-state index in [1.165, 1.54) is 0 Å². The van der Waals surface area contributed by atoms with Gasteiger partial charge in [0.1, 0.15) is 0 Å². The maximum absolute atomic E-state index is 11.7. The molecule has 144 valence electrons. The van der Waals surface area contributed by atoms with Gasteiger partial charge in [0, 0.05) is 21.1 Å². The second-order valence-electron chi connectivity index (χ2n) is 7.66. The highest BCUT2D eigenvalue weighted by Gasteiger charge is 2.52. The average Bonchev–Trinajstić information content (AvgIpc) is 3.19. The molecule has 6 rings (SSSR count). The van der Waals surface area contributed by atoms with Crippen molar-refractivity contribution in [3.8, 4) is 22.3 Å². The van der Waals surface area contributed by atoms with Crippen LogP contribution in [0.5, 0.6) is 0 Å². The Hall–Kier alpha value is -2.76. The molecule has 0 fully saturated rings. The van der Waals surface area contributed by atoms with Crippen molar-refractivity contribution in [1.82, 2.24) is 0 Å². The number of non-ortho nitro benzene ring substituents is 1. The third-order valence-electron chi connectivity index (χ3n) is 6.30. The first kappa shape index (κ1) is 18.0. The zero-order chi connectivity index (χ0) is 20.6. The van der Waals surface area contributed by atoms with Gasteiger partial charge in [-0.25, -0.2) is 0 Å². The number of nitro benzene ring substituents is 1. The molecule has 0 heterocycles. The van der Waals surface area contributed by atoms with Gasteiger partial charge < -0.3 is 0 Å². The monoisotopic (exact) mass is 517 g/mol. The van der Waals surface area contributed by atoms with E-state index >= 15 is 0 Å². The Balaban J connectivity index is 1.85. The van der Waals surface area contributed by atoms with Crippen LogP contribution in [0.3, 0.4) is 0 Å². The minimum absolute atomic E-state index is 0.112. The van der Waals surface area contributed by atoms with Crippen molar-refractivity contribution < 1.29 is 4.92 Å². The van der Waals surface area contributed by atoms with Gasteiger partial charge in [0.05, 0.1) is 10.3 Å². The third kappa shape index (κ3) is 2.14. The van der Waals surface area contributed by atoms with Gasteiger partial charge in [-0.05, 0) is 74.8 Å². The average molecular weight is 519 g/mol. The molecule has 0 amide bonds. The molecule has 0 saturated heterocycles. The zero-order valence-corrected chi connectivity index (χ0v) is 18.7. The van der Waals surface area contributed by atoms with E-state index in [4.69, 9.17) is 0 Å². The fourth-order valence-electron chi connectivity index (χ4n) is 5.23. The molecule has 0 bridgehead atoms. The minimum atomic E-state index is -0.587. The topological polar surface area (TPSA) is 43.1 Å². The lowest BCUT2D eigenvalue weighted by molar-refractivity contribution is -0.384. The fraction of sp³-hybridized carbons (Fsp3) is 0.0400. The molecule has 4 aromatic rings. The molecule has 2 aliphatic rings. The lowest BCUT2D eigenvalue weighted by atomic mass is 9.70. The number of fused-ring (bicyclic) bond motifs is 10. The van der Waals surface area contributed by atoms with Crippen LogP contribution < -0.4 is 0 Å². The largest absolute Gasteiger partial charge is 0.269 e. The van der Waals surface area contributed by atoms with Crippen LogP contribution in [-0.4, -0.2) is 4.92 Å². The molecular formula is C25H13Br2NO2. The van der Waals surface area contributed by atoms with Crippen LogP contribution in [0.2, 0.25) is 0 Å². The second kappa shape index (κ2) is 6.13. The SMILES string of the molecule is O=[N+]([O-])c1ccc2c(c1)C1(c3ccccc3-2)c2cc(Br)ccc2-c2ccc(Br)cc21. The summed E-state index contributed by atoms with van der Waals surface area (Å²) in [6.07, 6.45) is 0. The number of hydrogen-bond acceptors (Lipinski definition) is 2. The molecule has 0 radical (unpaired) electrons. The predicted octanol–water partition coefficient (Wildman–Crippen LogP) is 7.46. The summed E-state index contributed by atoms with van der Waals surface area (Å²) in [6.45, 7) is 0. The maximum Gasteiger partial charge on any atom is 0.269 e. The summed E-state index contributed by atoms with van der Waals surface area (Å²) < 4.78 is 1.98. The number of rotatable bonds is 1. The lowest BCUT2D eigenvalue weighted by Crippen LogP contribution is -2.26. The second-order valence-corrected chi connectivity index (χ2v) is 9.49. The van der Waals surface area contributed by atoms with Crippen molar-refractivity contribution >= 4 is 37.5 Å². The van der Waals surface area contributed by atoms with Crippen molar-refractivity contribution in [3.63, 3.8) is 0 Å². The Morgan fingerprint density at radius 1 is 0.633 bits per heavy atom. The third-order valence-corrected chi connectivity index (χ3v) is 7.29. The van der Waals surface area contributed by atoms with E-state index in [0.717, 1.165) is 53.5 Å². The van der Waals surface area contributed by atoms with Gasteiger partial charge in [-0.1, -0.05) is 68.3 Å². The molecule has 0 saturated carbocycles. The molecule has 0 atom stereocenters. The first-order valence-electron chi connectivity index (χ1n) is 9.51. The molecule has 1 spiro atoms. The van der Waals surface area contributed by atoms with E-state index in [-0.39, 0.29) is 10.6 Å². The van der Waals surface area contributed by atoms with Crippen molar-refractivity contribution in [1.29, 1.82) is 0 Å². The Morgan fingerprint density at radius 3 is 1.73 bits per heavy atom. The van der Waals surface area contributed by atoms with Gasteiger partial charge in [-0.3, -0.25) is 10.1 Å². The maximum atomic E-state index is 11.7. The quantitative estimate of drug-likeness (QED) is 0.167. The molecule has 0 aromatic heterocycles. The molecule has 4 aromatic carbocycles. The van der Waals surface area contributed by atoms with E-state index in [2.05, 4.69) is 86.5 Å². The summed E-state index contributed by atoms with van der Waals surface area (Å²) in [6, 6.07) is 26.3. The molecule has 5 heteroatoms. The van der Waals surface area contributed by atoms with Gasteiger partial charge in [-0.15, -0.1) is 0 Å². The molecule has 30 heavy (non-hydrogen) atoms. The Labute approximate surface area is 189 Å². The van der Waals surface area contributed by atoms with E-state index in [1.807, 2.05) is 12.1 Å². The van der Waals surface area contributed by atoms with Gasteiger partial charge >= 0.3 is 0 Å². The number of halogens is 2. The van der Waals surface area contributed by atoms with Gasteiger partial charge in [-0.2, -0.15) is 0 Å². The van der Waals surface area contributed by atoms with Crippen LogP contribution in [0.15, 0.2) is 87.8 Å². The fourth-order valence-corrected chi connectivity index (χ4v) is 5.95. The van der Waals surface area contributed by atoms with Crippen molar-refractivity contribution in [2.24, 2.45) is 0 Å². The molecule has 0 N–H and O–H groups in total. The molecule has 2 aliphatic carbocycles. The smallest absolute Gasteiger partial charge is 0.258 e. The summed E-state index contributed by atoms with van der Waals surface area (Å²) in [5, 5.41) is 11.7. The molecular weight excluding hydrogens is 506 g/mol. The summed E-state index contributed by atoms with van der Waals surface area (Å²) in [4.78, 5) is 11.4. The Kier molecular flexibility index (Phi) is 3.68. The van der Waals surface area contributed by atoms with Gasteiger partial charge in [0.15, 0.2) is 0 Å². The van der Waals surface area contributed by atoms with Crippen LogP contribution in [0.25, 0.3) is 22.3 Å². The summed E-state index contributed by atoms with van der Waals surface area (Å²) in [5.74, 6) is 0. The Morgan fingerprint density at radius 2 is 1.13 bits per heavy atom. The summed E-state index contributed by atoms with van der Waals surface area (Å²) in [5.41, 5.74) is 8.46. The van der Waals surface area contributed by atoms with E-state index < -0.39 is 5.41 Å². The lowest BCUT2D eigenvalue weighted by Gasteiger charge is -2.30. The standard InChI is InChI=1S/C25H13Br2NO2/c26-14-5-8-18-19-9-6-15(27)12-23(19)25(22(18)11-14)21-4-2-1-3-17(21)20-10-7-16(28(29)30)13-24(20)25/h1-13H. The number of nitrogens with zero attached hydrogens (tertiary/aromatic N) is 1. The highest BCUT2D eigenvalue weighted by Crippen LogP contribution is 2.63. The van der Waals surface area contributed by atoms with Gasteiger partial charge in [0.2, 0.25) is 0 Å². The first-order chi connectivity index (χ1) is 14.5. The van der Waals surface area contributed by atoms with E-state index in [1.54, 1.807) is 12.1 Å². The number of benzene rings is 4. The molecule has 0 unspecified atom stereocenters. The van der Waals surface area contributed by atoms with Crippen molar-refractivity contribution in [2.45, 2.75) is 5.41 Å².